The van der Waals surface area contributed by atoms with Crippen LogP contribution in [0.4, 0.5) is 0 Å². The first-order valence-electron chi connectivity index (χ1n) is 6.89. The molecule has 1 aromatic rings. The lowest BCUT2D eigenvalue weighted by atomic mass is 9.84. The third-order valence-corrected chi connectivity index (χ3v) is 4.54. The van der Waals surface area contributed by atoms with Crippen LogP contribution in [-0.4, -0.2) is 11.1 Å². The topological polar surface area (TPSA) is 32.3 Å². The molecule has 0 unspecified atom stereocenters. The second-order valence-corrected chi connectivity index (χ2v) is 6.20. The van der Waals surface area contributed by atoms with Gasteiger partial charge in [-0.2, -0.15) is 0 Å². The third kappa shape index (κ3) is 3.72. The van der Waals surface area contributed by atoms with Crippen molar-refractivity contribution in [1.29, 1.82) is 0 Å². The molecule has 0 spiro atoms. The van der Waals surface area contributed by atoms with Gasteiger partial charge in [0.05, 0.1) is 0 Å². The predicted octanol–water partition coefficient (Wildman–Crippen LogP) is 4.21. The number of hydrogen-bond acceptors (Lipinski definition) is 2. The van der Waals surface area contributed by atoms with E-state index in [1.165, 1.54) is 32.1 Å². The Labute approximate surface area is 118 Å². The molecule has 1 aliphatic rings. The molecule has 1 fully saturated rings. The van der Waals surface area contributed by atoms with Gasteiger partial charge < -0.3 is 10.4 Å². The van der Waals surface area contributed by atoms with E-state index in [1.807, 2.05) is 12.1 Å². The molecule has 1 aromatic carbocycles. The Morgan fingerprint density at radius 3 is 2.67 bits per heavy atom. The van der Waals surface area contributed by atoms with Crippen LogP contribution < -0.4 is 5.32 Å². The van der Waals surface area contributed by atoms with Crippen LogP contribution in [-0.2, 0) is 6.54 Å². The van der Waals surface area contributed by atoms with Crippen LogP contribution in [0.5, 0.6) is 5.75 Å². The minimum absolute atomic E-state index is 0.382. The quantitative estimate of drug-likeness (QED) is 0.873. The number of hydrogen-bond donors (Lipinski definition) is 2. The molecule has 0 atom stereocenters. The number of halogens is 1. The molecule has 18 heavy (non-hydrogen) atoms. The number of nitrogens with one attached hydrogen (secondary N) is 1. The van der Waals surface area contributed by atoms with Gasteiger partial charge >= 0.3 is 0 Å². The van der Waals surface area contributed by atoms with Gasteiger partial charge in [-0.25, -0.2) is 0 Å². The zero-order chi connectivity index (χ0) is 13.0. The van der Waals surface area contributed by atoms with Crippen molar-refractivity contribution in [2.75, 3.05) is 0 Å². The highest BCUT2D eigenvalue weighted by molar-refractivity contribution is 9.10. The summed E-state index contributed by atoms with van der Waals surface area (Å²) < 4.78 is 1.02. The van der Waals surface area contributed by atoms with Gasteiger partial charge in [0.25, 0.3) is 0 Å². The molecular formula is C15H22BrNO. The lowest BCUT2D eigenvalue weighted by molar-refractivity contribution is 0.284. The van der Waals surface area contributed by atoms with Crippen LogP contribution in [0.2, 0.25) is 0 Å². The van der Waals surface area contributed by atoms with Gasteiger partial charge in [-0.15, -0.1) is 0 Å². The summed E-state index contributed by atoms with van der Waals surface area (Å²) in [4.78, 5) is 0. The summed E-state index contributed by atoms with van der Waals surface area (Å²) in [7, 11) is 0. The average molecular weight is 312 g/mol. The number of benzene rings is 1. The molecule has 2 N–H and O–H groups in total. The molecule has 2 rings (SSSR count). The van der Waals surface area contributed by atoms with E-state index in [4.69, 9.17) is 0 Å². The van der Waals surface area contributed by atoms with Gasteiger partial charge in [-0.3, -0.25) is 0 Å². The van der Waals surface area contributed by atoms with E-state index in [9.17, 15) is 5.11 Å². The zero-order valence-corrected chi connectivity index (χ0v) is 12.5. The fourth-order valence-electron chi connectivity index (χ4n) is 2.72. The van der Waals surface area contributed by atoms with Crippen LogP contribution in [0.3, 0.4) is 0 Å². The minimum atomic E-state index is 0.382. The first-order chi connectivity index (χ1) is 8.69. The van der Waals surface area contributed by atoms with E-state index in [-0.39, 0.29) is 0 Å². The highest BCUT2D eigenvalue weighted by Crippen LogP contribution is 2.27. The van der Waals surface area contributed by atoms with E-state index in [2.05, 4.69) is 28.2 Å². The maximum absolute atomic E-state index is 9.78. The van der Waals surface area contributed by atoms with Gasteiger partial charge in [-0.1, -0.05) is 29.3 Å². The molecule has 2 nitrogen and oxygen atoms in total. The highest BCUT2D eigenvalue weighted by Gasteiger charge is 2.19. The Morgan fingerprint density at radius 1 is 1.28 bits per heavy atom. The number of aromatic hydroxyl groups is 1. The molecule has 0 bridgehead atoms. The molecule has 0 radical (unpaired) electrons. The molecule has 1 saturated carbocycles. The van der Waals surface area contributed by atoms with Crippen molar-refractivity contribution in [3.05, 3.63) is 28.2 Å². The van der Waals surface area contributed by atoms with E-state index in [0.29, 0.717) is 11.8 Å². The molecule has 0 aliphatic heterocycles. The van der Waals surface area contributed by atoms with Crippen molar-refractivity contribution in [3.63, 3.8) is 0 Å². The van der Waals surface area contributed by atoms with E-state index >= 15 is 0 Å². The van der Waals surface area contributed by atoms with Gasteiger partial charge in [0.1, 0.15) is 5.75 Å². The Balaban J connectivity index is 1.83. The summed E-state index contributed by atoms with van der Waals surface area (Å²) >= 11 is 3.44. The Bertz CT molecular complexity index is 386. The highest BCUT2D eigenvalue weighted by atomic mass is 79.9. The van der Waals surface area contributed by atoms with Crippen LogP contribution in [0.15, 0.2) is 22.7 Å². The van der Waals surface area contributed by atoms with E-state index in [1.54, 1.807) is 6.07 Å². The fraction of sp³-hybridized carbons (Fsp3) is 0.600. The smallest absolute Gasteiger partial charge is 0.120 e. The SMILES string of the molecule is CCC1CCC(NCc2cc(Br)ccc2O)CC1. The number of phenols is 1. The molecule has 1 aliphatic carbocycles. The summed E-state index contributed by atoms with van der Waals surface area (Å²) in [6.07, 6.45) is 6.55. The standard InChI is InChI=1S/C15H22BrNO/c1-2-11-3-6-14(7-4-11)17-10-12-9-13(16)5-8-15(12)18/h5,8-9,11,14,17-18H,2-4,6-7,10H2,1H3. The Kier molecular flexibility index (Phi) is 5.07. The molecule has 0 saturated heterocycles. The molecule has 0 aromatic heterocycles. The lowest BCUT2D eigenvalue weighted by Crippen LogP contribution is -2.32. The summed E-state index contributed by atoms with van der Waals surface area (Å²) in [5.41, 5.74) is 0.974. The van der Waals surface area contributed by atoms with E-state index in [0.717, 1.165) is 22.5 Å². The lowest BCUT2D eigenvalue weighted by Gasteiger charge is -2.28. The number of rotatable bonds is 4. The van der Waals surface area contributed by atoms with Gasteiger partial charge in [-0.05, 0) is 49.8 Å². The first kappa shape index (κ1) is 13.9. The normalized spacial score (nSPS) is 24.1. The van der Waals surface area contributed by atoms with Crippen molar-refractivity contribution >= 4 is 15.9 Å². The summed E-state index contributed by atoms with van der Waals surface area (Å²) in [5, 5.41) is 13.4. The summed E-state index contributed by atoms with van der Waals surface area (Å²) in [6, 6.07) is 6.21. The van der Waals surface area contributed by atoms with Crippen molar-refractivity contribution in [1.82, 2.24) is 5.32 Å². The summed E-state index contributed by atoms with van der Waals surface area (Å²) in [6.45, 7) is 3.05. The van der Waals surface area contributed by atoms with Crippen LogP contribution in [0.25, 0.3) is 0 Å². The van der Waals surface area contributed by atoms with Gasteiger partial charge in [0.2, 0.25) is 0 Å². The second kappa shape index (κ2) is 6.58. The van der Waals surface area contributed by atoms with E-state index < -0.39 is 0 Å². The van der Waals surface area contributed by atoms with Crippen molar-refractivity contribution in [3.8, 4) is 5.75 Å². The van der Waals surface area contributed by atoms with Crippen LogP contribution >= 0.6 is 15.9 Å². The maximum Gasteiger partial charge on any atom is 0.120 e. The first-order valence-corrected chi connectivity index (χ1v) is 7.69. The van der Waals surface area contributed by atoms with Gasteiger partial charge in [0.15, 0.2) is 0 Å². The largest absolute Gasteiger partial charge is 0.508 e. The zero-order valence-electron chi connectivity index (χ0n) is 11.0. The minimum Gasteiger partial charge on any atom is -0.508 e. The molecule has 100 valence electrons. The Morgan fingerprint density at radius 2 is 2.00 bits per heavy atom. The predicted molar refractivity (Wildman–Crippen MR) is 78.7 cm³/mol. The van der Waals surface area contributed by atoms with Crippen LogP contribution in [0, 0.1) is 5.92 Å². The molecular weight excluding hydrogens is 290 g/mol. The third-order valence-electron chi connectivity index (χ3n) is 4.05. The second-order valence-electron chi connectivity index (χ2n) is 5.28. The van der Waals surface area contributed by atoms with Crippen LogP contribution in [0.1, 0.15) is 44.6 Å². The monoisotopic (exact) mass is 311 g/mol. The molecule has 0 heterocycles. The van der Waals surface area contributed by atoms with Crippen molar-refractivity contribution in [2.45, 2.75) is 51.6 Å². The molecule has 3 heteroatoms. The van der Waals surface area contributed by atoms with Gasteiger partial charge in [0, 0.05) is 22.6 Å². The fourth-order valence-corrected chi connectivity index (χ4v) is 3.13. The molecule has 0 amide bonds. The van der Waals surface area contributed by atoms with Crippen molar-refractivity contribution < 1.29 is 5.11 Å². The Hall–Kier alpha value is -0.540. The average Bonchev–Trinajstić information content (AvgIpc) is 2.40. The summed E-state index contributed by atoms with van der Waals surface area (Å²) in [5.74, 6) is 1.32. The van der Waals surface area contributed by atoms with Crippen molar-refractivity contribution in [2.24, 2.45) is 5.92 Å². The maximum atomic E-state index is 9.78. The number of phenolic OH excluding ortho intramolecular Hbond substituents is 1.